The van der Waals surface area contributed by atoms with E-state index in [0.717, 1.165) is 11.4 Å². The molecule has 0 bridgehead atoms. The van der Waals surface area contributed by atoms with Gasteiger partial charge in [-0.05, 0) is 31.5 Å². The molecule has 1 aromatic heterocycles. The largest absolute Gasteiger partial charge is 0.386 e. The third-order valence-corrected chi connectivity index (χ3v) is 4.54. The van der Waals surface area contributed by atoms with E-state index in [1.54, 1.807) is 11.3 Å². The zero-order valence-electron chi connectivity index (χ0n) is 9.49. The maximum atomic E-state index is 9.82. The molecule has 1 unspecified atom stereocenters. The van der Waals surface area contributed by atoms with E-state index in [-0.39, 0.29) is 10.9 Å². The lowest BCUT2D eigenvalue weighted by atomic mass is 10.2. The van der Waals surface area contributed by atoms with E-state index in [0.29, 0.717) is 6.54 Å². The molecule has 0 radical (unpaired) electrons. The predicted molar refractivity (Wildman–Crippen MR) is 69.7 cm³/mol. The van der Waals surface area contributed by atoms with Crippen molar-refractivity contribution in [2.24, 2.45) is 0 Å². The van der Waals surface area contributed by atoms with E-state index in [1.165, 1.54) is 0 Å². The molecule has 2 N–H and O–H groups in total. The smallest absolute Gasteiger partial charge is 0.101 e. The van der Waals surface area contributed by atoms with E-state index in [2.05, 4.69) is 25.4 Å². The summed E-state index contributed by atoms with van der Waals surface area (Å²) in [7, 11) is 0. The third-order valence-electron chi connectivity index (χ3n) is 2.31. The van der Waals surface area contributed by atoms with Crippen molar-refractivity contribution in [3.05, 3.63) is 22.4 Å². The average Bonchev–Trinajstić information content (AvgIpc) is 2.70. The van der Waals surface area contributed by atoms with Crippen LogP contribution in [0.25, 0.3) is 0 Å². The fourth-order valence-corrected chi connectivity index (χ4v) is 2.12. The maximum Gasteiger partial charge on any atom is 0.101 e. The van der Waals surface area contributed by atoms with Crippen LogP contribution in [0.5, 0.6) is 0 Å². The van der Waals surface area contributed by atoms with Crippen LogP contribution >= 0.6 is 23.1 Å². The second-order valence-electron chi connectivity index (χ2n) is 4.13. The van der Waals surface area contributed by atoms with Crippen LogP contribution in [0.4, 0.5) is 0 Å². The van der Waals surface area contributed by atoms with Crippen LogP contribution in [-0.4, -0.2) is 29.2 Å². The minimum atomic E-state index is -0.373. The number of thiophene rings is 1. The number of rotatable bonds is 6. The number of aliphatic hydroxyl groups excluding tert-OH is 1. The normalized spacial score (nSPS) is 14.1. The second-order valence-corrected chi connectivity index (χ2v) is 6.62. The molecule has 0 aromatic carbocycles. The van der Waals surface area contributed by atoms with E-state index in [1.807, 2.05) is 29.3 Å². The molecule has 0 spiro atoms. The van der Waals surface area contributed by atoms with E-state index < -0.39 is 0 Å². The molecule has 1 aromatic rings. The lowest BCUT2D eigenvalue weighted by molar-refractivity contribution is 0.178. The van der Waals surface area contributed by atoms with Crippen LogP contribution in [0.2, 0.25) is 0 Å². The van der Waals surface area contributed by atoms with Gasteiger partial charge in [-0.2, -0.15) is 11.8 Å². The minimum absolute atomic E-state index is 0.231. The SMILES string of the molecule is CSC(C)(C)CNCC(O)c1cccs1. The Morgan fingerprint density at radius 2 is 2.33 bits per heavy atom. The van der Waals surface area contributed by atoms with Crippen molar-refractivity contribution in [3.8, 4) is 0 Å². The number of hydrogen-bond acceptors (Lipinski definition) is 4. The lowest BCUT2D eigenvalue weighted by Crippen LogP contribution is -2.34. The monoisotopic (exact) mass is 245 g/mol. The molecular weight excluding hydrogens is 226 g/mol. The molecule has 1 rings (SSSR count). The van der Waals surface area contributed by atoms with Gasteiger partial charge in [0, 0.05) is 22.7 Å². The summed E-state index contributed by atoms with van der Waals surface area (Å²) in [4.78, 5) is 1.03. The fourth-order valence-electron chi connectivity index (χ4n) is 1.16. The van der Waals surface area contributed by atoms with Gasteiger partial charge in [0.25, 0.3) is 0 Å². The molecule has 0 aliphatic rings. The molecule has 0 amide bonds. The van der Waals surface area contributed by atoms with Gasteiger partial charge in [-0.1, -0.05) is 6.07 Å². The summed E-state index contributed by atoms with van der Waals surface area (Å²) in [6.45, 7) is 5.94. The fraction of sp³-hybridized carbons (Fsp3) is 0.636. The molecule has 15 heavy (non-hydrogen) atoms. The van der Waals surface area contributed by atoms with E-state index in [4.69, 9.17) is 0 Å². The number of nitrogens with one attached hydrogen (secondary N) is 1. The van der Waals surface area contributed by atoms with Gasteiger partial charge in [0.1, 0.15) is 6.10 Å². The quantitative estimate of drug-likeness (QED) is 0.808. The molecule has 0 fully saturated rings. The van der Waals surface area contributed by atoms with Crippen LogP contribution < -0.4 is 5.32 Å². The molecule has 0 saturated carbocycles. The maximum absolute atomic E-state index is 9.82. The summed E-state index contributed by atoms with van der Waals surface area (Å²) in [5.41, 5.74) is 0. The van der Waals surface area contributed by atoms with Gasteiger partial charge >= 0.3 is 0 Å². The van der Waals surface area contributed by atoms with Gasteiger partial charge in [0.15, 0.2) is 0 Å². The van der Waals surface area contributed by atoms with Crippen molar-refractivity contribution < 1.29 is 5.11 Å². The third kappa shape index (κ3) is 4.55. The summed E-state index contributed by atoms with van der Waals surface area (Å²) in [5.74, 6) is 0. The van der Waals surface area contributed by atoms with Gasteiger partial charge in [-0.3, -0.25) is 0 Å². The molecule has 4 heteroatoms. The van der Waals surface area contributed by atoms with E-state index in [9.17, 15) is 5.11 Å². The Hall–Kier alpha value is -0.0300. The summed E-state index contributed by atoms with van der Waals surface area (Å²) in [6, 6.07) is 3.94. The zero-order chi connectivity index (χ0) is 11.3. The number of hydrogen-bond donors (Lipinski definition) is 2. The summed E-state index contributed by atoms with van der Waals surface area (Å²) in [6.07, 6.45) is 1.74. The van der Waals surface area contributed by atoms with Gasteiger partial charge in [0.2, 0.25) is 0 Å². The van der Waals surface area contributed by atoms with Crippen molar-refractivity contribution in [2.45, 2.75) is 24.7 Å². The predicted octanol–water partition coefficient (Wildman–Crippen LogP) is 2.51. The lowest BCUT2D eigenvalue weighted by Gasteiger charge is -2.23. The van der Waals surface area contributed by atoms with Crippen molar-refractivity contribution in [1.82, 2.24) is 5.32 Å². The highest BCUT2D eigenvalue weighted by Crippen LogP contribution is 2.21. The van der Waals surface area contributed by atoms with Gasteiger partial charge in [-0.25, -0.2) is 0 Å². The molecule has 0 aliphatic carbocycles. The van der Waals surface area contributed by atoms with Crippen LogP contribution in [0.1, 0.15) is 24.8 Å². The Bertz CT molecular complexity index is 272. The second kappa shape index (κ2) is 5.89. The molecule has 0 saturated heterocycles. The Morgan fingerprint density at radius 3 is 2.87 bits per heavy atom. The summed E-state index contributed by atoms with van der Waals surface area (Å²) < 4.78 is 0.231. The average molecular weight is 245 g/mol. The Morgan fingerprint density at radius 1 is 1.60 bits per heavy atom. The summed E-state index contributed by atoms with van der Waals surface area (Å²) in [5, 5.41) is 15.1. The van der Waals surface area contributed by atoms with Gasteiger partial charge in [0.05, 0.1) is 0 Å². The van der Waals surface area contributed by atoms with Crippen molar-refractivity contribution in [2.75, 3.05) is 19.3 Å². The van der Waals surface area contributed by atoms with Crippen molar-refractivity contribution >= 4 is 23.1 Å². The number of aliphatic hydroxyl groups is 1. The topological polar surface area (TPSA) is 32.3 Å². The molecular formula is C11H19NOS2. The molecule has 2 nitrogen and oxygen atoms in total. The Labute approximate surface area is 100 Å². The van der Waals surface area contributed by atoms with Gasteiger partial charge in [-0.15, -0.1) is 11.3 Å². The Balaban J connectivity index is 2.26. The first-order chi connectivity index (χ1) is 7.05. The Kier molecular flexibility index (Phi) is 5.12. The highest BCUT2D eigenvalue weighted by Gasteiger charge is 2.16. The van der Waals surface area contributed by atoms with Crippen LogP contribution in [-0.2, 0) is 0 Å². The summed E-state index contributed by atoms with van der Waals surface area (Å²) >= 11 is 3.43. The first-order valence-electron chi connectivity index (χ1n) is 5.02. The van der Waals surface area contributed by atoms with Crippen LogP contribution in [0, 0.1) is 0 Å². The number of thioether (sulfide) groups is 1. The zero-order valence-corrected chi connectivity index (χ0v) is 11.1. The molecule has 1 heterocycles. The van der Waals surface area contributed by atoms with Crippen molar-refractivity contribution in [3.63, 3.8) is 0 Å². The van der Waals surface area contributed by atoms with Crippen molar-refractivity contribution in [1.29, 1.82) is 0 Å². The highest BCUT2D eigenvalue weighted by atomic mass is 32.2. The van der Waals surface area contributed by atoms with E-state index >= 15 is 0 Å². The molecule has 1 atom stereocenters. The molecule has 86 valence electrons. The molecule has 0 aliphatic heterocycles. The van der Waals surface area contributed by atoms with Crippen LogP contribution in [0.15, 0.2) is 17.5 Å². The highest BCUT2D eigenvalue weighted by molar-refractivity contribution is 7.99. The van der Waals surface area contributed by atoms with Crippen LogP contribution in [0.3, 0.4) is 0 Å². The van der Waals surface area contributed by atoms with Gasteiger partial charge < -0.3 is 10.4 Å². The first-order valence-corrected chi connectivity index (χ1v) is 7.13. The minimum Gasteiger partial charge on any atom is -0.386 e. The first kappa shape index (κ1) is 13.0. The standard InChI is InChI=1S/C11H19NOS2/c1-11(2,14-3)8-12-7-9(13)10-5-4-6-15-10/h4-6,9,12-13H,7-8H2,1-3H3.